The highest BCUT2D eigenvalue weighted by Gasteiger charge is 2.21. The summed E-state index contributed by atoms with van der Waals surface area (Å²) in [5.41, 5.74) is 12.3. The fourth-order valence-electron chi connectivity index (χ4n) is 9.90. The van der Waals surface area contributed by atoms with Crippen molar-refractivity contribution in [3.63, 3.8) is 0 Å². The maximum absolute atomic E-state index is 2.46. The molecule has 0 atom stereocenters. The van der Waals surface area contributed by atoms with Crippen LogP contribution in [-0.2, 0) is 0 Å². The third kappa shape index (κ3) is 5.53. The van der Waals surface area contributed by atoms with Gasteiger partial charge in [0.05, 0.1) is 0 Å². The summed E-state index contributed by atoms with van der Waals surface area (Å²) in [5.74, 6) is 0. The zero-order valence-corrected chi connectivity index (χ0v) is 32.9. The second-order valence-corrected chi connectivity index (χ2v) is 16.0. The van der Waals surface area contributed by atoms with Crippen LogP contribution in [0.3, 0.4) is 0 Å². The van der Waals surface area contributed by atoms with Gasteiger partial charge >= 0.3 is 0 Å². The Kier molecular flexibility index (Phi) is 7.96. The van der Waals surface area contributed by atoms with Gasteiger partial charge in [0.2, 0.25) is 0 Å². The lowest BCUT2D eigenvalue weighted by Gasteiger charge is -2.21. The van der Waals surface area contributed by atoms with Crippen LogP contribution in [0, 0.1) is 0 Å². The second-order valence-electron chi connectivity index (χ2n) is 16.0. The molecule has 0 saturated heterocycles. The average Bonchev–Trinajstić information content (AvgIpc) is 3.32. The highest BCUT2D eigenvalue weighted by atomic mass is 14.2. The van der Waals surface area contributed by atoms with E-state index in [1.165, 1.54) is 120 Å². The molecule has 0 aliphatic carbocycles. The zero-order valence-electron chi connectivity index (χ0n) is 32.9. The van der Waals surface area contributed by atoms with Crippen molar-refractivity contribution in [3.8, 4) is 55.6 Å². The van der Waals surface area contributed by atoms with Gasteiger partial charge in [0, 0.05) is 0 Å². The normalized spacial score (nSPS) is 11.7. The molecule has 0 spiro atoms. The molecule has 60 heavy (non-hydrogen) atoms. The van der Waals surface area contributed by atoms with Crippen molar-refractivity contribution in [2.24, 2.45) is 0 Å². The standard InChI is InChI=1S/C60H38/c1-5-23-47-39(15-1)19-11-29-51(47)43-33-34-57-58(38-43)60(54-32-14-22-42-18-4-8-26-50(42)54)56-28-10-9-27-55(56)59(57)46-36-44(52-30-12-20-40-16-2-6-24-48(40)52)35-45(37-46)53-31-13-21-41-17-3-7-25-49(41)53/h1-38H. The van der Waals surface area contributed by atoms with Crippen molar-refractivity contribution in [2.75, 3.05) is 0 Å². The van der Waals surface area contributed by atoms with Crippen molar-refractivity contribution >= 4 is 64.6 Å². The predicted molar refractivity (Wildman–Crippen MR) is 259 cm³/mol. The molecule has 0 bridgehead atoms. The molecule has 0 fully saturated rings. The number of fused-ring (bicyclic) bond motifs is 6. The van der Waals surface area contributed by atoms with Gasteiger partial charge in [-0.1, -0.05) is 206 Å². The Morgan fingerprint density at radius 2 is 0.500 bits per heavy atom. The van der Waals surface area contributed by atoms with E-state index in [0.717, 1.165) is 0 Å². The zero-order chi connectivity index (χ0) is 39.6. The van der Waals surface area contributed by atoms with Gasteiger partial charge in [0.25, 0.3) is 0 Å². The van der Waals surface area contributed by atoms with Crippen LogP contribution in [-0.4, -0.2) is 0 Å². The van der Waals surface area contributed by atoms with E-state index in [1.807, 2.05) is 0 Å². The molecule has 0 nitrogen and oxygen atoms in total. The first-order valence-corrected chi connectivity index (χ1v) is 20.8. The Hall–Kier alpha value is -7.80. The van der Waals surface area contributed by atoms with Gasteiger partial charge in [-0.25, -0.2) is 0 Å². The van der Waals surface area contributed by atoms with Gasteiger partial charge in [-0.2, -0.15) is 0 Å². The Balaban J connectivity index is 1.22. The lowest BCUT2D eigenvalue weighted by molar-refractivity contribution is 1.61. The van der Waals surface area contributed by atoms with Crippen LogP contribution in [0.25, 0.3) is 120 Å². The van der Waals surface area contributed by atoms with Gasteiger partial charge < -0.3 is 0 Å². The van der Waals surface area contributed by atoms with Crippen LogP contribution in [0.5, 0.6) is 0 Å². The Bertz CT molecular complexity index is 3540. The maximum Gasteiger partial charge on any atom is -0.00199 e. The first-order chi connectivity index (χ1) is 29.8. The molecule has 12 aromatic carbocycles. The van der Waals surface area contributed by atoms with Gasteiger partial charge in [-0.15, -0.1) is 0 Å². The molecule has 0 N–H and O–H groups in total. The van der Waals surface area contributed by atoms with Gasteiger partial charge in [-0.05, 0) is 145 Å². The summed E-state index contributed by atoms with van der Waals surface area (Å²) in [6.07, 6.45) is 0. The molecular weight excluding hydrogens is 721 g/mol. The van der Waals surface area contributed by atoms with Crippen LogP contribution in [0.2, 0.25) is 0 Å². The summed E-state index contributed by atoms with van der Waals surface area (Å²) in [6, 6.07) is 85.4. The van der Waals surface area contributed by atoms with Crippen LogP contribution in [0.1, 0.15) is 0 Å². The third-order valence-corrected chi connectivity index (χ3v) is 12.6. The first kappa shape index (κ1) is 34.3. The SMILES string of the molecule is c1ccc2c(-c3cc(-c4cccc5ccccc45)cc(-c4c5ccccc5c(-c5cccc6ccccc56)c5cc(-c6cccc7ccccc67)ccc45)c3)cccc2c1. The fourth-order valence-corrected chi connectivity index (χ4v) is 9.90. The van der Waals surface area contributed by atoms with E-state index in [2.05, 4.69) is 231 Å². The average molecular weight is 759 g/mol. The van der Waals surface area contributed by atoms with Crippen molar-refractivity contribution in [2.45, 2.75) is 0 Å². The fraction of sp³-hybridized carbons (Fsp3) is 0. The second kappa shape index (κ2) is 13.9. The molecule has 0 amide bonds. The number of hydrogen-bond donors (Lipinski definition) is 0. The van der Waals surface area contributed by atoms with E-state index in [-0.39, 0.29) is 0 Å². The minimum absolute atomic E-state index is 1.20. The quantitative estimate of drug-likeness (QED) is 0.153. The van der Waals surface area contributed by atoms with Gasteiger partial charge in [0.15, 0.2) is 0 Å². The Morgan fingerprint density at radius 3 is 0.983 bits per heavy atom. The minimum Gasteiger partial charge on any atom is -0.0616 e. The molecule has 0 heterocycles. The monoisotopic (exact) mass is 758 g/mol. The lowest BCUT2D eigenvalue weighted by atomic mass is 9.82. The van der Waals surface area contributed by atoms with E-state index in [9.17, 15) is 0 Å². The lowest BCUT2D eigenvalue weighted by Crippen LogP contribution is -1.94. The Morgan fingerprint density at radius 1 is 0.167 bits per heavy atom. The molecule has 0 aliphatic rings. The molecule has 0 unspecified atom stereocenters. The van der Waals surface area contributed by atoms with E-state index < -0.39 is 0 Å². The predicted octanol–water partition coefficient (Wildman–Crippen LogP) is 16.9. The summed E-state index contributed by atoms with van der Waals surface area (Å²) in [6.45, 7) is 0. The highest BCUT2D eigenvalue weighted by molar-refractivity contribution is 6.24. The van der Waals surface area contributed by atoms with Crippen molar-refractivity contribution in [1.29, 1.82) is 0 Å². The molecular formula is C60H38. The third-order valence-electron chi connectivity index (χ3n) is 12.6. The maximum atomic E-state index is 2.46. The van der Waals surface area contributed by atoms with Crippen LogP contribution < -0.4 is 0 Å². The van der Waals surface area contributed by atoms with Gasteiger partial charge in [-0.3, -0.25) is 0 Å². The number of rotatable bonds is 5. The van der Waals surface area contributed by atoms with Gasteiger partial charge in [0.1, 0.15) is 0 Å². The van der Waals surface area contributed by atoms with Crippen molar-refractivity contribution < 1.29 is 0 Å². The number of hydrogen-bond acceptors (Lipinski definition) is 0. The molecule has 0 aromatic heterocycles. The van der Waals surface area contributed by atoms with Crippen LogP contribution in [0.15, 0.2) is 231 Å². The van der Waals surface area contributed by atoms with E-state index in [1.54, 1.807) is 0 Å². The summed E-state index contributed by atoms with van der Waals surface area (Å²) in [4.78, 5) is 0. The van der Waals surface area contributed by atoms with Crippen LogP contribution in [0.4, 0.5) is 0 Å². The molecule has 0 saturated carbocycles. The summed E-state index contributed by atoms with van der Waals surface area (Å²) < 4.78 is 0. The summed E-state index contributed by atoms with van der Waals surface area (Å²) in [7, 11) is 0. The minimum atomic E-state index is 1.20. The molecule has 12 aromatic rings. The molecule has 278 valence electrons. The molecule has 0 heteroatoms. The smallest absolute Gasteiger partial charge is 0.00199 e. The van der Waals surface area contributed by atoms with Crippen molar-refractivity contribution in [3.05, 3.63) is 231 Å². The van der Waals surface area contributed by atoms with E-state index >= 15 is 0 Å². The highest BCUT2D eigenvalue weighted by Crippen LogP contribution is 2.48. The summed E-state index contributed by atoms with van der Waals surface area (Å²) >= 11 is 0. The topological polar surface area (TPSA) is 0 Å². The first-order valence-electron chi connectivity index (χ1n) is 20.8. The van der Waals surface area contributed by atoms with E-state index in [4.69, 9.17) is 0 Å². The molecule has 0 aliphatic heterocycles. The number of benzene rings is 12. The Labute approximate surface area is 349 Å². The van der Waals surface area contributed by atoms with E-state index in [0.29, 0.717) is 0 Å². The van der Waals surface area contributed by atoms with Crippen molar-refractivity contribution in [1.82, 2.24) is 0 Å². The largest absolute Gasteiger partial charge is 0.0616 e. The molecule has 12 rings (SSSR count). The van der Waals surface area contributed by atoms with Crippen LogP contribution >= 0.6 is 0 Å². The molecule has 0 radical (unpaired) electrons. The summed E-state index contributed by atoms with van der Waals surface area (Å²) in [5, 5.41) is 14.9.